The van der Waals surface area contributed by atoms with Gasteiger partial charge in [0.15, 0.2) is 0 Å². The van der Waals surface area contributed by atoms with Gasteiger partial charge in [-0.2, -0.15) is 0 Å². The molecule has 0 spiro atoms. The minimum Gasteiger partial charge on any atom is -0.373 e. The van der Waals surface area contributed by atoms with E-state index in [1.165, 1.54) is 19.0 Å². The first-order valence-electron chi connectivity index (χ1n) is 5.48. The Morgan fingerprint density at radius 3 is 2.81 bits per heavy atom. The number of nitro groups is 1. The van der Waals surface area contributed by atoms with Gasteiger partial charge in [-0.1, -0.05) is 12.8 Å². The van der Waals surface area contributed by atoms with Crippen LogP contribution in [0.25, 0.3) is 0 Å². The smallest absolute Gasteiger partial charge is 0.373 e. The standard InChI is InChI=1S/C11H15N3O2/c1-11(6-2-3-7-11)13-9-5-4-8-12-10(9)14(15)16/h4-5,8,13H,2-3,6-7H2,1H3. The van der Waals surface area contributed by atoms with Crippen LogP contribution in [0.4, 0.5) is 11.5 Å². The zero-order valence-corrected chi connectivity index (χ0v) is 9.27. The number of aromatic nitrogens is 1. The molecule has 0 aromatic carbocycles. The van der Waals surface area contributed by atoms with Crippen LogP contribution in [0.2, 0.25) is 0 Å². The Balaban J connectivity index is 2.23. The zero-order valence-electron chi connectivity index (χ0n) is 9.27. The molecule has 16 heavy (non-hydrogen) atoms. The number of nitrogens with one attached hydrogen (secondary N) is 1. The van der Waals surface area contributed by atoms with Gasteiger partial charge in [-0.25, -0.2) is 0 Å². The van der Waals surface area contributed by atoms with Crippen LogP contribution in [-0.4, -0.2) is 15.4 Å². The molecule has 86 valence electrons. The predicted molar refractivity (Wildman–Crippen MR) is 61.4 cm³/mol. The molecule has 0 radical (unpaired) electrons. The van der Waals surface area contributed by atoms with E-state index in [0.29, 0.717) is 5.69 Å². The lowest BCUT2D eigenvalue weighted by Crippen LogP contribution is -2.31. The maximum absolute atomic E-state index is 10.8. The molecule has 5 nitrogen and oxygen atoms in total. The van der Waals surface area contributed by atoms with E-state index in [4.69, 9.17) is 0 Å². The van der Waals surface area contributed by atoms with Gasteiger partial charge in [-0.15, -0.1) is 0 Å². The molecule has 0 bridgehead atoms. The van der Waals surface area contributed by atoms with Gasteiger partial charge in [0.05, 0.1) is 0 Å². The van der Waals surface area contributed by atoms with Crippen LogP contribution in [0, 0.1) is 10.1 Å². The van der Waals surface area contributed by atoms with Gasteiger partial charge < -0.3 is 15.4 Å². The van der Waals surface area contributed by atoms with Crippen LogP contribution in [0.1, 0.15) is 32.6 Å². The highest BCUT2D eigenvalue weighted by atomic mass is 16.6. The van der Waals surface area contributed by atoms with Crippen molar-refractivity contribution in [2.75, 3.05) is 5.32 Å². The monoisotopic (exact) mass is 221 g/mol. The van der Waals surface area contributed by atoms with Crippen molar-refractivity contribution in [3.8, 4) is 0 Å². The summed E-state index contributed by atoms with van der Waals surface area (Å²) >= 11 is 0. The topological polar surface area (TPSA) is 68.1 Å². The van der Waals surface area contributed by atoms with E-state index in [1.54, 1.807) is 12.1 Å². The fraction of sp³-hybridized carbons (Fsp3) is 0.545. The number of nitrogens with zero attached hydrogens (tertiary/aromatic N) is 2. The highest BCUT2D eigenvalue weighted by molar-refractivity contribution is 5.58. The van der Waals surface area contributed by atoms with Crippen LogP contribution < -0.4 is 5.32 Å². The quantitative estimate of drug-likeness (QED) is 0.629. The Hall–Kier alpha value is -1.65. The first-order valence-corrected chi connectivity index (χ1v) is 5.48. The molecule has 1 saturated carbocycles. The van der Waals surface area contributed by atoms with E-state index in [0.717, 1.165) is 12.8 Å². The second kappa shape index (κ2) is 4.08. The fourth-order valence-corrected chi connectivity index (χ4v) is 2.25. The average molecular weight is 221 g/mol. The Kier molecular flexibility index (Phi) is 2.77. The lowest BCUT2D eigenvalue weighted by atomic mass is 10.0. The third-order valence-corrected chi connectivity index (χ3v) is 3.10. The molecule has 2 rings (SSSR count). The number of rotatable bonds is 3. The molecule has 0 atom stereocenters. The minimum atomic E-state index is -0.444. The van der Waals surface area contributed by atoms with E-state index in [2.05, 4.69) is 17.2 Å². The van der Waals surface area contributed by atoms with Crippen LogP contribution >= 0.6 is 0 Å². The highest BCUT2D eigenvalue weighted by Crippen LogP contribution is 2.34. The first-order chi connectivity index (χ1) is 7.61. The van der Waals surface area contributed by atoms with Crippen molar-refractivity contribution in [2.24, 2.45) is 0 Å². The average Bonchev–Trinajstić information content (AvgIpc) is 2.65. The fourth-order valence-electron chi connectivity index (χ4n) is 2.25. The summed E-state index contributed by atoms with van der Waals surface area (Å²) in [6.07, 6.45) is 5.91. The molecule has 0 aliphatic heterocycles. The van der Waals surface area contributed by atoms with Crippen molar-refractivity contribution in [3.63, 3.8) is 0 Å². The third kappa shape index (κ3) is 2.13. The van der Waals surface area contributed by atoms with Crippen LogP contribution in [-0.2, 0) is 0 Å². The number of anilines is 1. The van der Waals surface area contributed by atoms with Gasteiger partial charge in [0, 0.05) is 5.54 Å². The number of hydrogen-bond acceptors (Lipinski definition) is 4. The summed E-state index contributed by atoms with van der Waals surface area (Å²) in [7, 11) is 0. The third-order valence-electron chi connectivity index (χ3n) is 3.10. The molecule has 5 heteroatoms. The van der Waals surface area contributed by atoms with Gasteiger partial charge in [-0.3, -0.25) is 0 Å². The molecule has 0 amide bonds. The van der Waals surface area contributed by atoms with Gasteiger partial charge in [0.25, 0.3) is 0 Å². The van der Waals surface area contributed by atoms with Crippen LogP contribution in [0.3, 0.4) is 0 Å². The van der Waals surface area contributed by atoms with E-state index in [1.807, 2.05) is 0 Å². The SMILES string of the molecule is CC1(Nc2cccnc2[N+](=O)[O-])CCCC1. The van der Waals surface area contributed by atoms with Crippen molar-refractivity contribution in [1.82, 2.24) is 4.98 Å². The molecule has 1 aliphatic rings. The zero-order chi connectivity index (χ0) is 11.6. The Bertz CT molecular complexity index is 400. The van der Waals surface area contributed by atoms with Crippen molar-refractivity contribution in [3.05, 3.63) is 28.4 Å². The Labute approximate surface area is 94.0 Å². The Morgan fingerprint density at radius 1 is 1.50 bits per heavy atom. The van der Waals surface area contributed by atoms with E-state index >= 15 is 0 Å². The van der Waals surface area contributed by atoms with Crippen LogP contribution in [0.5, 0.6) is 0 Å². The van der Waals surface area contributed by atoms with Gasteiger partial charge in [0.2, 0.25) is 0 Å². The first kappa shape index (κ1) is 10.9. The van der Waals surface area contributed by atoms with Crippen molar-refractivity contribution >= 4 is 11.5 Å². The molecule has 1 aromatic rings. The Morgan fingerprint density at radius 2 is 2.19 bits per heavy atom. The molecular weight excluding hydrogens is 206 g/mol. The normalized spacial score (nSPS) is 18.3. The summed E-state index contributed by atoms with van der Waals surface area (Å²) in [6.45, 7) is 2.11. The largest absolute Gasteiger partial charge is 0.386 e. The summed E-state index contributed by atoms with van der Waals surface area (Å²) in [5, 5.41) is 14.1. The summed E-state index contributed by atoms with van der Waals surface area (Å²) in [5.41, 5.74) is 0.505. The van der Waals surface area contributed by atoms with Gasteiger partial charge in [-0.05, 0) is 41.8 Å². The number of pyridine rings is 1. The second-order valence-electron chi connectivity index (χ2n) is 4.52. The van der Waals surface area contributed by atoms with Gasteiger partial charge in [0.1, 0.15) is 11.9 Å². The van der Waals surface area contributed by atoms with E-state index in [9.17, 15) is 10.1 Å². The second-order valence-corrected chi connectivity index (χ2v) is 4.52. The summed E-state index contributed by atoms with van der Waals surface area (Å²) in [5.74, 6) is -0.0874. The van der Waals surface area contributed by atoms with E-state index in [-0.39, 0.29) is 11.4 Å². The predicted octanol–water partition coefficient (Wildman–Crippen LogP) is 2.73. The lowest BCUT2D eigenvalue weighted by molar-refractivity contribution is -0.388. The van der Waals surface area contributed by atoms with Gasteiger partial charge >= 0.3 is 5.82 Å². The molecule has 0 unspecified atom stereocenters. The number of hydrogen-bond donors (Lipinski definition) is 1. The molecule has 1 aromatic heterocycles. The van der Waals surface area contributed by atoms with Crippen molar-refractivity contribution in [2.45, 2.75) is 38.1 Å². The van der Waals surface area contributed by atoms with Crippen molar-refractivity contribution in [1.29, 1.82) is 0 Å². The summed E-state index contributed by atoms with van der Waals surface area (Å²) in [6, 6.07) is 3.43. The maximum Gasteiger partial charge on any atom is 0.386 e. The summed E-state index contributed by atoms with van der Waals surface area (Å²) < 4.78 is 0. The molecule has 1 N–H and O–H groups in total. The molecule has 1 aliphatic carbocycles. The highest BCUT2D eigenvalue weighted by Gasteiger charge is 2.30. The molecule has 1 heterocycles. The van der Waals surface area contributed by atoms with Crippen LogP contribution in [0.15, 0.2) is 18.3 Å². The molecule has 0 saturated heterocycles. The lowest BCUT2D eigenvalue weighted by Gasteiger charge is -2.26. The minimum absolute atomic E-state index is 0.0200. The maximum atomic E-state index is 10.8. The summed E-state index contributed by atoms with van der Waals surface area (Å²) in [4.78, 5) is 14.1. The molecular formula is C11H15N3O2. The van der Waals surface area contributed by atoms with E-state index < -0.39 is 4.92 Å². The van der Waals surface area contributed by atoms with Crippen molar-refractivity contribution < 1.29 is 4.92 Å². The molecule has 1 fully saturated rings.